The van der Waals surface area contributed by atoms with E-state index in [0.717, 1.165) is 0 Å². The van der Waals surface area contributed by atoms with Crippen molar-refractivity contribution < 1.29 is 22.3 Å². The Hall–Kier alpha value is -1.18. The second-order valence-corrected chi connectivity index (χ2v) is 4.07. The molecule has 1 atom stereocenters. The van der Waals surface area contributed by atoms with Crippen molar-refractivity contribution in [1.82, 2.24) is 5.43 Å². The molecule has 1 aromatic carbocycles. The Bertz CT molecular complexity index is 415. The molecule has 0 spiro atoms. The van der Waals surface area contributed by atoms with Crippen LogP contribution < -0.4 is 11.3 Å². The molecule has 7 heteroatoms. The highest BCUT2D eigenvalue weighted by molar-refractivity contribution is 5.27. The average molecular weight is 280 g/mol. The molecule has 0 bridgehead atoms. The zero-order chi connectivity index (χ0) is 14.4. The maximum Gasteiger partial charge on any atom is 0.261 e. The smallest absolute Gasteiger partial charge is 0.261 e. The SMILES string of the molecule is Cc1ccc(C(CCOCC(F)F)NN)c(F)c1F. The lowest BCUT2D eigenvalue weighted by atomic mass is 10.0. The minimum absolute atomic E-state index is 0.0336. The van der Waals surface area contributed by atoms with Gasteiger partial charge in [0.2, 0.25) is 0 Å². The van der Waals surface area contributed by atoms with Crippen LogP contribution in [-0.4, -0.2) is 19.6 Å². The quantitative estimate of drug-likeness (QED) is 0.349. The van der Waals surface area contributed by atoms with Gasteiger partial charge in [0.05, 0.1) is 6.04 Å². The average Bonchev–Trinajstić information content (AvgIpc) is 2.37. The fourth-order valence-electron chi connectivity index (χ4n) is 1.63. The molecule has 1 rings (SSSR count). The van der Waals surface area contributed by atoms with E-state index in [-0.39, 0.29) is 24.2 Å². The number of ether oxygens (including phenoxy) is 1. The third-order valence-electron chi connectivity index (χ3n) is 2.68. The number of nitrogens with two attached hydrogens (primary N) is 1. The molecule has 0 aliphatic carbocycles. The number of hydrogen-bond acceptors (Lipinski definition) is 3. The van der Waals surface area contributed by atoms with Gasteiger partial charge < -0.3 is 4.74 Å². The Morgan fingerprint density at radius 2 is 1.95 bits per heavy atom. The lowest BCUT2D eigenvalue weighted by Gasteiger charge is -2.17. The summed E-state index contributed by atoms with van der Waals surface area (Å²) in [5.41, 5.74) is 2.55. The highest BCUT2D eigenvalue weighted by atomic mass is 19.3. The van der Waals surface area contributed by atoms with Crippen LogP contribution >= 0.6 is 0 Å². The van der Waals surface area contributed by atoms with Gasteiger partial charge in [0.15, 0.2) is 11.6 Å². The van der Waals surface area contributed by atoms with E-state index in [0.29, 0.717) is 0 Å². The van der Waals surface area contributed by atoms with Crippen molar-refractivity contribution >= 4 is 0 Å². The minimum Gasteiger partial charge on any atom is -0.375 e. The second-order valence-electron chi connectivity index (χ2n) is 4.07. The van der Waals surface area contributed by atoms with E-state index < -0.39 is 30.7 Å². The first kappa shape index (κ1) is 15.9. The van der Waals surface area contributed by atoms with Crippen molar-refractivity contribution in [2.75, 3.05) is 13.2 Å². The molecule has 1 unspecified atom stereocenters. The van der Waals surface area contributed by atoms with Gasteiger partial charge in [0, 0.05) is 12.2 Å². The molecule has 3 N–H and O–H groups in total. The predicted octanol–water partition coefficient (Wildman–Crippen LogP) is 2.45. The van der Waals surface area contributed by atoms with E-state index in [1.807, 2.05) is 0 Å². The largest absolute Gasteiger partial charge is 0.375 e. The molecule has 0 fully saturated rings. The Labute approximate surface area is 108 Å². The molecule has 0 radical (unpaired) electrons. The zero-order valence-corrected chi connectivity index (χ0v) is 10.4. The van der Waals surface area contributed by atoms with Crippen LogP contribution in [0.2, 0.25) is 0 Å². The molecular weight excluding hydrogens is 264 g/mol. The Kier molecular flexibility index (Phi) is 6.20. The number of benzene rings is 1. The highest BCUT2D eigenvalue weighted by Gasteiger charge is 2.18. The summed E-state index contributed by atoms with van der Waals surface area (Å²) in [5.74, 6) is 3.33. The molecule has 3 nitrogen and oxygen atoms in total. The van der Waals surface area contributed by atoms with Gasteiger partial charge in [0.1, 0.15) is 6.61 Å². The van der Waals surface area contributed by atoms with E-state index in [4.69, 9.17) is 5.84 Å². The topological polar surface area (TPSA) is 47.3 Å². The van der Waals surface area contributed by atoms with Gasteiger partial charge in [-0.05, 0) is 18.9 Å². The molecule has 0 saturated carbocycles. The summed E-state index contributed by atoms with van der Waals surface area (Å²) in [4.78, 5) is 0. The summed E-state index contributed by atoms with van der Waals surface area (Å²) in [6, 6.07) is 2.14. The summed E-state index contributed by atoms with van der Waals surface area (Å²) in [7, 11) is 0. The Morgan fingerprint density at radius 3 is 2.53 bits per heavy atom. The molecule has 0 aromatic heterocycles. The number of nitrogens with one attached hydrogen (secondary N) is 1. The van der Waals surface area contributed by atoms with Crippen LogP contribution in [0.15, 0.2) is 12.1 Å². The van der Waals surface area contributed by atoms with Crippen molar-refractivity contribution in [2.24, 2.45) is 5.84 Å². The summed E-state index contributed by atoms with van der Waals surface area (Å²) in [6.07, 6.45) is -2.40. The van der Waals surface area contributed by atoms with Gasteiger partial charge >= 0.3 is 0 Å². The summed E-state index contributed by atoms with van der Waals surface area (Å²) in [6.45, 7) is 0.717. The molecule has 0 saturated heterocycles. The van der Waals surface area contributed by atoms with Gasteiger partial charge in [-0.3, -0.25) is 11.3 Å². The number of rotatable bonds is 7. The third-order valence-corrected chi connectivity index (χ3v) is 2.68. The van der Waals surface area contributed by atoms with E-state index in [1.165, 1.54) is 19.1 Å². The van der Waals surface area contributed by atoms with Crippen LogP contribution in [-0.2, 0) is 4.74 Å². The lowest BCUT2D eigenvalue weighted by molar-refractivity contribution is 0.0142. The molecule has 0 aliphatic heterocycles. The lowest BCUT2D eigenvalue weighted by Crippen LogP contribution is -2.30. The molecule has 1 aromatic rings. The van der Waals surface area contributed by atoms with Gasteiger partial charge in [-0.1, -0.05) is 12.1 Å². The molecule has 0 amide bonds. The fraction of sp³-hybridized carbons (Fsp3) is 0.500. The third kappa shape index (κ3) is 4.45. The minimum atomic E-state index is -2.56. The van der Waals surface area contributed by atoms with Crippen LogP contribution in [0.25, 0.3) is 0 Å². The number of halogens is 4. The van der Waals surface area contributed by atoms with Crippen molar-refractivity contribution in [3.8, 4) is 0 Å². The van der Waals surface area contributed by atoms with Crippen molar-refractivity contribution in [3.05, 3.63) is 34.9 Å². The number of hydrogen-bond donors (Lipinski definition) is 2. The molecule has 19 heavy (non-hydrogen) atoms. The van der Waals surface area contributed by atoms with Gasteiger partial charge in [-0.2, -0.15) is 0 Å². The highest BCUT2D eigenvalue weighted by Crippen LogP contribution is 2.23. The monoisotopic (exact) mass is 280 g/mol. The van der Waals surface area contributed by atoms with Crippen LogP contribution in [0.5, 0.6) is 0 Å². The van der Waals surface area contributed by atoms with Crippen LogP contribution in [0.1, 0.15) is 23.6 Å². The first-order valence-electron chi connectivity index (χ1n) is 5.73. The van der Waals surface area contributed by atoms with E-state index in [1.54, 1.807) is 0 Å². The van der Waals surface area contributed by atoms with Crippen LogP contribution in [0, 0.1) is 18.6 Å². The normalized spacial score (nSPS) is 13.0. The number of aryl methyl sites for hydroxylation is 1. The van der Waals surface area contributed by atoms with E-state index >= 15 is 0 Å². The zero-order valence-electron chi connectivity index (χ0n) is 10.4. The Morgan fingerprint density at radius 1 is 1.26 bits per heavy atom. The van der Waals surface area contributed by atoms with E-state index in [2.05, 4.69) is 10.2 Å². The number of alkyl halides is 2. The van der Waals surface area contributed by atoms with E-state index in [9.17, 15) is 17.6 Å². The van der Waals surface area contributed by atoms with Crippen molar-refractivity contribution in [2.45, 2.75) is 25.8 Å². The predicted molar refractivity (Wildman–Crippen MR) is 62.6 cm³/mol. The van der Waals surface area contributed by atoms with Crippen LogP contribution in [0.3, 0.4) is 0 Å². The van der Waals surface area contributed by atoms with Crippen molar-refractivity contribution in [3.63, 3.8) is 0 Å². The first-order chi connectivity index (χ1) is 8.97. The molecule has 0 aliphatic rings. The molecular formula is C12H16F4N2O. The van der Waals surface area contributed by atoms with Gasteiger partial charge in [-0.15, -0.1) is 0 Å². The Balaban J connectivity index is 2.67. The summed E-state index contributed by atoms with van der Waals surface area (Å²) in [5, 5.41) is 0. The maximum atomic E-state index is 13.7. The standard InChI is InChI=1S/C12H16F4N2O/c1-7-2-3-8(12(16)11(7)15)9(18-17)4-5-19-6-10(13)14/h2-3,9-10,18H,4-6,17H2,1H3. The van der Waals surface area contributed by atoms with Gasteiger partial charge in [0.25, 0.3) is 6.43 Å². The summed E-state index contributed by atoms with van der Waals surface area (Å²) >= 11 is 0. The summed E-state index contributed by atoms with van der Waals surface area (Å²) < 4.78 is 55.5. The number of hydrazine groups is 1. The molecule has 0 heterocycles. The second kappa shape index (κ2) is 7.42. The first-order valence-corrected chi connectivity index (χ1v) is 5.73. The van der Waals surface area contributed by atoms with Crippen molar-refractivity contribution in [1.29, 1.82) is 0 Å². The fourth-order valence-corrected chi connectivity index (χ4v) is 1.63. The van der Waals surface area contributed by atoms with Gasteiger partial charge in [-0.25, -0.2) is 17.6 Å². The maximum absolute atomic E-state index is 13.7. The van der Waals surface area contributed by atoms with Crippen LogP contribution in [0.4, 0.5) is 17.6 Å². The molecule has 108 valence electrons.